The lowest BCUT2D eigenvalue weighted by Gasteiger charge is -2.12. The van der Waals surface area contributed by atoms with Gasteiger partial charge in [-0.15, -0.1) is 0 Å². The van der Waals surface area contributed by atoms with Gasteiger partial charge in [-0.2, -0.15) is 0 Å². The molecule has 0 spiro atoms. The molecule has 0 radical (unpaired) electrons. The van der Waals surface area contributed by atoms with Gasteiger partial charge in [-0.3, -0.25) is 0 Å². The summed E-state index contributed by atoms with van der Waals surface area (Å²) in [6.45, 7) is -0.0176. The van der Waals surface area contributed by atoms with E-state index in [1.54, 1.807) is 24.3 Å². The summed E-state index contributed by atoms with van der Waals surface area (Å²) >= 11 is 3.19. The molecule has 2 aromatic rings. The van der Waals surface area contributed by atoms with Gasteiger partial charge in [0.2, 0.25) is 0 Å². The zero-order valence-corrected chi connectivity index (χ0v) is 13.6. The van der Waals surface area contributed by atoms with E-state index in [9.17, 15) is 9.18 Å². The number of carbonyl (C=O) groups excluding carboxylic acids is 1. The van der Waals surface area contributed by atoms with E-state index in [0.29, 0.717) is 15.8 Å². The van der Waals surface area contributed by atoms with E-state index in [1.807, 2.05) is 0 Å². The van der Waals surface area contributed by atoms with Gasteiger partial charge in [0, 0.05) is 16.1 Å². The first kappa shape index (κ1) is 16.3. The molecule has 0 heterocycles. The molecule has 2 aromatic carbocycles. The first-order chi connectivity index (χ1) is 10.5. The molecule has 0 unspecified atom stereocenters. The summed E-state index contributed by atoms with van der Waals surface area (Å²) in [6.07, 6.45) is 0. The maximum Gasteiger partial charge on any atom is 0.341 e. The molecule has 22 heavy (non-hydrogen) atoms. The topological polar surface area (TPSA) is 44.8 Å². The van der Waals surface area contributed by atoms with Gasteiger partial charge in [0.15, 0.2) is 0 Å². The predicted octanol–water partition coefficient (Wildman–Crippen LogP) is 3.96. The van der Waals surface area contributed by atoms with Gasteiger partial charge in [-0.25, -0.2) is 9.18 Å². The average molecular weight is 369 g/mol. The van der Waals surface area contributed by atoms with Crippen molar-refractivity contribution in [1.29, 1.82) is 0 Å². The van der Waals surface area contributed by atoms with E-state index in [0.717, 1.165) is 0 Å². The molecule has 0 N–H and O–H groups in total. The monoisotopic (exact) mass is 368 g/mol. The van der Waals surface area contributed by atoms with Crippen molar-refractivity contribution in [3.8, 4) is 11.5 Å². The van der Waals surface area contributed by atoms with Crippen LogP contribution >= 0.6 is 15.9 Å². The second-order valence-corrected chi connectivity index (χ2v) is 5.29. The normalized spacial score (nSPS) is 10.2. The molecule has 0 fully saturated rings. The molecule has 0 amide bonds. The van der Waals surface area contributed by atoms with Crippen LogP contribution in [0.2, 0.25) is 0 Å². The molecular weight excluding hydrogens is 355 g/mol. The zero-order chi connectivity index (χ0) is 16.1. The zero-order valence-electron chi connectivity index (χ0n) is 12.1. The highest BCUT2D eigenvalue weighted by molar-refractivity contribution is 9.10. The minimum absolute atomic E-state index is 0.0176. The van der Waals surface area contributed by atoms with Gasteiger partial charge in [0.1, 0.15) is 29.5 Å². The molecule has 0 aromatic heterocycles. The van der Waals surface area contributed by atoms with Crippen molar-refractivity contribution >= 4 is 21.9 Å². The van der Waals surface area contributed by atoms with Crippen molar-refractivity contribution in [2.24, 2.45) is 0 Å². The summed E-state index contributed by atoms with van der Waals surface area (Å²) < 4.78 is 29.8. The Morgan fingerprint density at radius 3 is 2.59 bits per heavy atom. The molecule has 0 aliphatic heterocycles. The quantitative estimate of drug-likeness (QED) is 0.749. The van der Waals surface area contributed by atoms with Gasteiger partial charge >= 0.3 is 5.97 Å². The number of carbonyl (C=O) groups is 1. The summed E-state index contributed by atoms with van der Waals surface area (Å²) in [4.78, 5) is 11.7. The van der Waals surface area contributed by atoms with Crippen LogP contribution < -0.4 is 9.47 Å². The SMILES string of the molecule is COC(=O)c1ccc(OC)cc1OCc1ccc(Br)cc1F. The van der Waals surface area contributed by atoms with E-state index in [-0.39, 0.29) is 17.9 Å². The minimum Gasteiger partial charge on any atom is -0.497 e. The maximum absolute atomic E-state index is 13.8. The van der Waals surface area contributed by atoms with Crippen LogP contribution in [0, 0.1) is 5.82 Å². The Morgan fingerprint density at radius 1 is 1.18 bits per heavy atom. The second kappa shape index (κ2) is 7.26. The van der Waals surface area contributed by atoms with Gasteiger partial charge in [-0.1, -0.05) is 22.0 Å². The van der Waals surface area contributed by atoms with Crippen LogP contribution in [0.1, 0.15) is 15.9 Å². The Labute approximate surface area is 135 Å². The Balaban J connectivity index is 2.25. The van der Waals surface area contributed by atoms with Gasteiger partial charge in [0.25, 0.3) is 0 Å². The first-order valence-electron chi connectivity index (χ1n) is 6.38. The molecule has 0 aliphatic rings. The highest BCUT2D eigenvalue weighted by atomic mass is 79.9. The van der Waals surface area contributed by atoms with Crippen molar-refractivity contribution < 1.29 is 23.4 Å². The van der Waals surface area contributed by atoms with Crippen molar-refractivity contribution in [1.82, 2.24) is 0 Å². The summed E-state index contributed by atoms with van der Waals surface area (Å²) in [5.74, 6) is -0.127. The van der Waals surface area contributed by atoms with E-state index in [4.69, 9.17) is 14.2 Å². The van der Waals surface area contributed by atoms with Gasteiger partial charge < -0.3 is 14.2 Å². The number of methoxy groups -OCH3 is 2. The number of hydrogen-bond acceptors (Lipinski definition) is 4. The molecule has 0 aliphatic carbocycles. The molecule has 0 bridgehead atoms. The van der Waals surface area contributed by atoms with Crippen LogP contribution in [0.3, 0.4) is 0 Å². The first-order valence-corrected chi connectivity index (χ1v) is 7.17. The number of ether oxygens (including phenoxy) is 3. The molecule has 2 rings (SSSR count). The fourth-order valence-corrected chi connectivity index (χ4v) is 2.16. The number of hydrogen-bond donors (Lipinski definition) is 0. The minimum atomic E-state index is -0.533. The highest BCUT2D eigenvalue weighted by Gasteiger charge is 2.15. The Hall–Kier alpha value is -2.08. The van der Waals surface area contributed by atoms with E-state index in [2.05, 4.69) is 15.9 Å². The standard InChI is InChI=1S/C16H14BrFO4/c1-20-12-5-6-13(16(19)21-2)15(8-12)22-9-10-3-4-11(17)7-14(10)18/h3-8H,9H2,1-2H3. The molecule has 0 saturated carbocycles. The average Bonchev–Trinajstić information content (AvgIpc) is 2.53. The Morgan fingerprint density at radius 2 is 1.95 bits per heavy atom. The molecular formula is C16H14BrFO4. The van der Waals surface area contributed by atoms with Gasteiger partial charge in [-0.05, 0) is 24.3 Å². The third-order valence-corrected chi connectivity index (χ3v) is 3.49. The van der Waals surface area contributed by atoms with Crippen LogP contribution in [-0.4, -0.2) is 20.2 Å². The Bertz CT molecular complexity index is 688. The smallest absolute Gasteiger partial charge is 0.341 e. The fourth-order valence-electron chi connectivity index (χ4n) is 1.82. The van der Waals surface area contributed by atoms with Gasteiger partial charge in [0.05, 0.1) is 14.2 Å². The third-order valence-electron chi connectivity index (χ3n) is 2.99. The number of rotatable bonds is 5. The van der Waals surface area contributed by atoms with Crippen molar-refractivity contribution in [2.75, 3.05) is 14.2 Å². The lowest BCUT2D eigenvalue weighted by Crippen LogP contribution is -2.07. The van der Waals surface area contributed by atoms with Crippen LogP contribution in [0.5, 0.6) is 11.5 Å². The number of benzene rings is 2. The van der Waals surface area contributed by atoms with E-state index in [1.165, 1.54) is 26.4 Å². The lowest BCUT2D eigenvalue weighted by molar-refractivity contribution is 0.0595. The van der Waals surface area contributed by atoms with Crippen LogP contribution in [0.25, 0.3) is 0 Å². The summed E-state index contributed by atoms with van der Waals surface area (Å²) in [7, 11) is 2.79. The summed E-state index contributed by atoms with van der Waals surface area (Å²) in [6, 6.07) is 9.40. The number of esters is 1. The largest absolute Gasteiger partial charge is 0.497 e. The molecule has 0 atom stereocenters. The molecule has 6 heteroatoms. The second-order valence-electron chi connectivity index (χ2n) is 4.38. The van der Waals surface area contributed by atoms with Crippen LogP contribution in [-0.2, 0) is 11.3 Å². The molecule has 4 nitrogen and oxygen atoms in total. The van der Waals surface area contributed by atoms with Crippen LogP contribution in [0.4, 0.5) is 4.39 Å². The number of halogens is 2. The van der Waals surface area contributed by atoms with Crippen molar-refractivity contribution in [3.05, 3.63) is 57.8 Å². The van der Waals surface area contributed by atoms with E-state index < -0.39 is 11.8 Å². The van der Waals surface area contributed by atoms with E-state index >= 15 is 0 Å². The summed E-state index contributed by atoms with van der Waals surface area (Å²) in [5.41, 5.74) is 0.627. The fraction of sp³-hybridized carbons (Fsp3) is 0.188. The van der Waals surface area contributed by atoms with Crippen molar-refractivity contribution in [3.63, 3.8) is 0 Å². The maximum atomic E-state index is 13.8. The lowest BCUT2D eigenvalue weighted by atomic mass is 10.2. The Kier molecular flexibility index (Phi) is 5.38. The third kappa shape index (κ3) is 3.76. The predicted molar refractivity (Wildman–Crippen MR) is 82.8 cm³/mol. The highest BCUT2D eigenvalue weighted by Crippen LogP contribution is 2.27. The molecule has 116 valence electrons. The van der Waals surface area contributed by atoms with Crippen LogP contribution in [0.15, 0.2) is 40.9 Å². The summed E-state index contributed by atoms with van der Waals surface area (Å²) in [5, 5.41) is 0. The van der Waals surface area contributed by atoms with Crippen molar-refractivity contribution in [2.45, 2.75) is 6.61 Å². The molecule has 0 saturated heterocycles.